The number of benzene rings is 1. The number of furan rings is 1. The molecule has 1 unspecified atom stereocenters. The van der Waals surface area contributed by atoms with Crippen LogP contribution in [0.5, 0.6) is 0 Å². The maximum absolute atomic E-state index is 11.7. The highest BCUT2D eigenvalue weighted by molar-refractivity contribution is 7.99. The predicted molar refractivity (Wildman–Crippen MR) is 83.2 cm³/mol. The third-order valence-electron chi connectivity index (χ3n) is 2.92. The fourth-order valence-electron chi connectivity index (χ4n) is 1.81. The number of carbonyl (C=O) groups excluding carboxylic acids is 1. The monoisotopic (exact) mass is 305 g/mol. The van der Waals surface area contributed by atoms with Crippen LogP contribution in [0.1, 0.15) is 24.0 Å². The first-order chi connectivity index (χ1) is 10.1. The van der Waals surface area contributed by atoms with Crippen LogP contribution in [0.15, 0.2) is 51.8 Å². The van der Waals surface area contributed by atoms with Crippen LogP contribution in [0.25, 0.3) is 0 Å². The number of hydrogen-bond donors (Lipinski definition) is 2. The lowest BCUT2D eigenvalue weighted by Gasteiger charge is -2.09. The number of carbonyl (C=O) groups is 1. The molecule has 0 spiro atoms. The molecule has 0 bridgehead atoms. The lowest BCUT2D eigenvalue weighted by Crippen LogP contribution is -2.28. The van der Waals surface area contributed by atoms with Crippen molar-refractivity contribution in [2.45, 2.75) is 24.3 Å². The van der Waals surface area contributed by atoms with Crippen molar-refractivity contribution in [3.8, 4) is 0 Å². The van der Waals surface area contributed by atoms with E-state index in [0.717, 1.165) is 10.7 Å². The minimum atomic E-state index is -0.801. The summed E-state index contributed by atoms with van der Waals surface area (Å²) in [4.78, 5) is 12.9. The molecule has 0 radical (unpaired) electrons. The first kappa shape index (κ1) is 15.7. The van der Waals surface area contributed by atoms with Gasteiger partial charge in [0.1, 0.15) is 17.6 Å². The van der Waals surface area contributed by atoms with E-state index in [1.54, 1.807) is 23.9 Å². The fraction of sp³-hybridized carbons (Fsp3) is 0.312. The number of aliphatic hydroxyl groups is 1. The minimum absolute atomic E-state index is 0.0687. The van der Waals surface area contributed by atoms with Crippen LogP contribution >= 0.6 is 11.8 Å². The SMILES string of the molecule is Cc1ccc(C(O)CNC(=O)CCSc2ccccc2)o1. The Balaban J connectivity index is 1.65. The molecule has 0 aliphatic carbocycles. The second-order valence-corrected chi connectivity index (χ2v) is 5.85. The summed E-state index contributed by atoms with van der Waals surface area (Å²) >= 11 is 1.64. The largest absolute Gasteiger partial charge is 0.464 e. The average molecular weight is 305 g/mol. The Bertz CT molecular complexity index is 568. The van der Waals surface area contributed by atoms with Gasteiger partial charge in [0.2, 0.25) is 5.91 Å². The first-order valence-corrected chi connectivity index (χ1v) is 7.82. The van der Waals surface area contributed by atoms with Crippen LogP contribution in [0.2, 0.25) is 0 Å². The van der Waals surface area contributed by atoms with Gasteiger partial charge in [0.25, 0.3) is 0 Å². The molecule has 4 nitrogen and oxygen atoms in total. The van der Waals surface area contributed by atoms with Crippen molar-refractivity contribution in [3.63, 3.8) is 0 Å². The summed E-state index contributed by atoms with van der Waals surface area (Å²) in [6, 6.07) is 13.5. The van der Waals surface area contributed by atoms with E-state index in [0.29, 0.717) is 17.9 Å². The van der Waals surface area contributed by atoms with Gasteiger partial charge in [-0.1, -0.05) is 18.2 Å². The molecule has 1 aromatic carbocycles. The van der Waals surface area contributed by atoms with E-state index in [2.05, 4.69) is 5.32 Å². The van der Waals surface area contributed by atoms with Crippen LogP contribution in [0, 0.1) is 6.92 Å². The van der Waals surface area contributed by atoms with Gasteiger partial charge in [0.15, 0.2) is 0 Å². The molecule has 112 valence electrons. The van der Waals surface area contributed by atoms with E-state index in [1.807, 2.05) is 37.3 Å². The standard InChI is InChI=1S/C16H19NO3S/c1-12-7-8-15(20-12)14(18)11-17-16(19)9-10-21-13-5-3-2-4-6-13/h2-8,14,18H,9-11H2,1H3,(H,17,19). The summed E-state index contributed by atoms with van der Waals surface area (Å²) in [7, 11) is 0. The zero-order valence-corrected chi connectivity index (χ0v) is 12.7. The van der Waals surface area contributed by atoms with Crippen molar-refractivity contribution < 1.29 is 14.3 Å². The third kappa shape index (κ3) is 5.28. The molecule has 5 heteroatoms. The average Bonchev–Trinajstić information content (AvgIpc) is 2.92. The molecule has 1 amide bonds. The summed E-state index contributed by atoms with van der Waals surface area (Å²) < 4.78 is 5.31. The normalized spacial score (nSPS) is 12.1. The fourth-order valence-corrected chi connectivity index (χ4v) is 2.68. The van der Waals surface area contributed by atoms with E-state index < -0.39 is 6.10 Å². The van der Waals surface area contributed by atoms with E-state index in [1.165, 1.54) is 0 Å². The topological polar surface area (TPSA) is 62.5 Å². The summed E-state index contributed by atoms with van der Waals surface area (Å²) in [6.45, 7) is 1.98. The zero-order valence-electron chi connectivity index (χ0n) is 11.9. The maximum Gasteiger partial charge on any atom is 0.220 e. The zero-order chi connectivity index (χ0) is 15.1. The molecule has 1 atom stereocenters. The maximum atomic E-state index is 11.7. The predicted octanol–water partition coefficient (Wildman–Crippen LogP) is 2.92. The Morgan fingerprint density at radius 3 is 2.71 bits per heavy atom. The number of aryl methyl sites for hydroxylation is 1. The van der Waals surface area contributed by atoms with Gasteiger partial charge in [-0.05, 0) is 31.2 Å². The molecule has 1 heterocycles. The molecule has 21 heavy (non-hydrogen) atoms. The van der Waals surface area contributed by atoms with Gasteiger partial charge in [-0.25, -0.2) is 0 Å². The summed E-state index contributed by atoms with van der Waals surface area (Å²) in [6.07, 6.45) is -0.381. The number of amides is 1. The molecule has 0 saturated heterocycles. The quantitative estimate of drug-likeness (QED) is 0.772. The molecule has 0 saturated carbocycles. The molecule has 2 rings (SSSR count). The molecule has 0 fully saturated rings. The van der Waals surface area contributed by atoms with Gasteiger partial charge < -0.3 is 14.8 Å². The number of hydrogen-bond acceptors (Lipinski definition) is 4. The van der Waals surface area contributed by atoms with Crippen molar-refractivity contribution in [2.75, 3.05) is 12.3 Å². The smallest absolute Gasteiger partial charge is 0.220 e. The molecule has 2 N–H and O–H groups in total. The van der Waals surface area contributed by atoms with Gasteiger partial charge in [-0.2, -0.15) is 0 Å². The Kier molecular flexibility index (Phi) is 5.90. The van der Waals surface area contributed by atoms with Crippen LogP contribution in [0.4, 0.5) is 0 Å². The van der Waals surface area contributed by atoms with Gasteiger partial charge in [-0.15, -0.1) is 11.8 Å². The highest BCUT2D eigenvalue weighted by Crippen LogP contribution is 2.18. The number of aliphatic hydroxyl groups excluding tert-OH is 1. The van der Waals surface area contributed by atoms with Crippen molar-refractivity contribution in [3.05, 3.63) is 54.0 Å². The Morgan fingerprint density at radius 2 is 2.05 bits per heavy atom. The lowest BCUT2D eigenvalue weighted by atomic mass is 10.2. The van der Waals surface area contributed by atoms with Crippen molar-refractivity contribution in [1.29, 1.82) is 0 Å². The van der Waals surface area contributed by atoms with Crippen molar-refractivity contribution in [2.24, 2.45) is 0 Å². The number of thioether (sulfide) groups is 1. The second-order valence-electron chi connectivity index (χ2n) is 4.68. The highest BCUT2D eigenvalue weighted by Gasteiger charge is 2.12. The van der Waals surface area contributed by atoms with Crippen LogP contribution in [-0.4, -0.2) is 23.3 Å². The van der Waals surface area contributed by atoms with E-state index in [9.17, 15) is 9.90 Å². The molecule has 1 aromatic heterocycles. The first-order valence-electron chi connectivity index (χ1n) is 6.84. The summed E-state index contributed by atoms with van der Waals surface area (Å²) in [5.41, 5.74) is 0. The van der Waals surface area contributed by atoms with E-state index in [4.69, 9.17) is 4.42 Å². The van der Waals surface area contributed by atoms with Gasteiger partial charge in [0.05, 0.1) is 6.54 Å². The summed E-state index contributed by atoms with van der Waals surface area (Å²) in [5.74, 6) is 1.87. The summed E-state index contributed by atoms with van der Waals surface area (Å²) in [5, 5.41) is 12.6. The van der Waals surface area contributed by atoms with Crippen molar-refractivity contribution >= 4 is 17.7 Å². The lowest BCUT2D eigenvalue weighted by molar-refractivity contribution is -0.121. The highest BCUT2D eigenvalue weighted by atomic mass is 32.2. The van der Waals surface area contributed by atoms with E-state index >= 15 is 0 Å². The van der Waals surface area contributed by atoms with Crippen LogP contribution in [0.3, 0.4) is 0 Å². The van der Waals surface area contributed by atoms with Crippen LogP contribution in [-0.2, 0) is 4.79 Å². The Labute approximate surface area is 128 Å². The van der Waals surface area contributed by atoms with Gasteiger partial charge in [-0.3, -0.25) is 4.79 Å². The second kappa shape index (κ2) is 7.90. The molecule has 0 aliphatic heterocycles. The Morgan fingerprint density at radius 1 is 1.29 bits per heavy atom. The Hall–Kier alpha value is -1.72. The number of nitrogens with one attached hydrogen (secondary N) is 1. The van der Waals surface area contributed by atoms with Crippen LogP contribution < -0.4 is 5.32 Å². The third-order valence-corrected chi connectivity index (χ3v) is 3.94. The molecule has 2 aromatic rings. The van der Waals surface area contributed by atoms with Gasteiger partial charge >= 0.3 is 0 Å². The minimum Gasteiger partial charge on any atom is -0.464 e. The number of rotatable bonds is 7. The van der Waals surface area contributed by atoms with Gasteiger partial charge in [0, 0.05) is 17.1 Å². The van der Waals surface area contributed by atoms with E-state index in [-0.39, 0.29) is 12.5 Å². The molecular weight excluding hydrogens is 286 g/mol. The molecule has 0 aliphatic rings. The van der Waals surface area contributed by atoms with Crippen molar-refractivity contribution in [1.82, 2.24) is 5.32 Å². The molecular formula is C16H19NO3S.